The molecule has 3 nitrogen and oxygen atoms in total. The first-order chi connectivity index (χ1) is 9.24. The van der Waals surface area contributed by atoms with Gasteiger partial charge in [0.05, 0.1) is 12.7 Å². The average Bonchev–Trinajstić information content (AvgIpc) is 2.36. The first-order valence-corrected chi connectivity index (χ1v) is 10.1. The summed E-state index contributed by atoms with van der Waals surface area (Å²) in [6.45, 7) is 11.9. The van der Waals surface area contributed by atoms with Crippen LogP contribution in [0.15, 0.2) is 18.2 Å². The lowest BCUT2D eigenvalue weighted by atomic mass is 10.0. The van der Waals surface area contributed by atoms with Gasteiger partial charge in [-0.3, -0.25) is 4.79 Å². The van der Waals surface area contributed by atoms with Crippen LogP contribution in [0.1, 0.15) is 49.2 Å². The van der Waals surface area contributed by atoms with E-state index < -0.39 is 8.32 Å². The molecule has 1 aliphatic heterocycles. The van der Waals surface area contributed by atoms with Gasteiger partial charge in [0.1, 0.15) is 12.0 Å². The summed E-state index contributed by atoms with van der Waals surface area (Å²) in [5.41, 5.74) is 1.73. The SMILES string of the molecule is CC(C)(C)[Si](C)(C)O[C@H]1CCOc2cc(C=O)ccc21. The highest BCUT2D eigenvalue weighted by molar-refractivity contribution is 6.74. The maximum atomic E-state index is 10.9. The van der Waals surface area contributed by atoms with E-state index in [1.807, 2.05) is 18.2 Å². The summed E-state index contributed by atoms with van der Waals surface area (Å²) in [5, 5.41) is 0.189. The lowest BCUT2D eigenvalue weighted by molar-refractivity contribution is 0.111. The number of ether oxygens (including phenoxy) is 1. The fraction of sp³-hybridized carbons (Fsp3) is 0.562. The van der Waals surface area contributed by atoms with Gasteiger partial charge in [-0.2, -0.15) is 0 Å². The largest absolute Gasteiger partial charge is 0.493 e. The first kappa shape index (κ1) is 15.3. The smallest absolute Gasteiger partial charge is 0.192 e. The molecule has 0 aliphatic carbocycles. The Morgan fingerprint density at radius 1 is 1.35 bits per heavy atom. The topological polar surface area (TPSA) is 35.5 Å². The Balaban J connectivity index is 2.27. The second-order valence-electron chi connectivity index (χ2n) is 6.92. The highest BCUT2D eigenvalue weighted by Crippen LogP contribution is 2.43. The molecule has 1 aromatic rings. The minimum Gasteiger partial charge on any atom is -0.493 e. The van der Waals surface area contributed by atoms with E-state index in [1.165, 1.54) is 0 Å². The molecule has 0 N–H and O–H groups in total. The molecule has 1 heterocycles. The third kappa shape index (κ3) is 2.96. The molecule has 1 aromatic carbocycles. The van der Waals surface area contributed by atoms with E-state index in [0.717, 1.165) is 24.0 Å². The van der Waals surface area contributed by atoms with Crippen LogP contribution < -0.4 is 4.74 Å². The van der Waals surface area contributed by atoms with E-state index in [1.54, 1.807) is 0 Å². The van der Waals surface area contributed by atoms with Crippen molar-refractivity contribution >= 4 is 14.6 Å². The lowest BCUT2D eigenvalue weighted by Crippen LogP contribution is -2.42. The van der Waals surface area contributed by atoms with Crippen molar-refractivity contribution in [2.24, 2.45) is 0 Å². The van der Waals surface area contributed by atoms with Crippen molar-refractivity contribution in [3.05, 3.63) is 29.3 Å². The molecule has 110 valence electrons. The van der Waals surface area contributed by atoms with Gasteiger partial charge in [0.25, 0.3) is 0 Å². The molecule has 1 aliphatic rings. The molecule has 20 heavy (non-hydrogen) atoms. The molecule has 0 bridgehead atoms. The van der Waals surface area contributed by atoms with E-state index in [0.29, 0.717) is 12.2 Å². The van der Waals surface area contributed by atoms with Gasteiger partial charge in [0, 0.05) is 17.5 Å². The van der Waals surface area contributed by atoms with Gasteiger partial charge in [0.15, 0.2) is 8.32 Å². The predicted octanol–water partition coefficient (Wildman–Crippen LogP) is 4.34. The fourth-order valence-electron chi connectivity index (χ4n) is 2.10. The lowest BCUT2D eigenvalue weighted by Gasteiger charge is -2.40. The number of benzene rings is 1. The Morgan fingerprint density at radius 3 is 2.65 bits per heavy atom. The molecular weight excluding hydrogens is 268 g/mol. The standard InChI is InChI=1S/C16H24O3Si/c1-16(2,3)20(4,5)19-14-8-9-18-15-10-12(11-17)6-7-13(14)15/h6-7,10-11,14H,8-9H2,1-5H3/t14-/m0/s1. The second kappa shape index (κ2) is 5.33. The molecule has 0 radical (unpaired) electrons. The maximum absolute atomic E-state index is 10.9. The zero-order valence-electron chi connectivity index (χ0n) is 13.0. The Kier molecular flexibility index (Phi) is 4.07. The number of rotatable bonds is 3. The summed E-state index contributed by atoms with van der Waals surface area (Å²) >= 11 is 0. The molecule has 0 aromatic heterocycles. The van der Waals surface area contributed by atoms with Crippen LogP contribution in [0.4, 0.5) is 0 Å². The first-order valence-electron chi connectivity index (χ1n) is 7.14. The summed E-state index contributed by atoms with van der Waals surface area (Å²) in [4.78, 5) is 10.9. The van der Waals surface area contributed by atoms with Gasteiger partial charge in [-0.25, -0.2) is 0 Å². The summed E-state index contributed by atoms with van der Waals surface area (Å²) in [5.74, 6) is 0.796. The van der Waals surface area contributed by atoms with Crippen LogP contribution in [-0.2, 0) is 4.43 Å². The van der Waals surface area contributed by atoms with E-state index in [9.17, 15) is 4.79 Å². The number of carbonyl (C=O) groups excluding carboxylic acids is 1. The van der Waals surface area contributed by atoms with Gasteiger partial charge in [-0.1, -0.05) is 32.9 Å². The molecule has 0 unspecified atom stereocenters. The zero-order valence-corrected chi connectivity index (χ0v) is 14.0. The minimum absolute atomic E-state index is 0.0837. The molecule has 4 heteroatoms. The number of carbonyl (C=O) groups is 1. The molecule has 2 rings (SSSR count). The Hall–Kier alpha value is -1.13. The van der Waals surface area contributed by atoms with Gasteiger partial charge in [-0.05, 0) is 24.2 Å². The second-order valence-corrected chi connectivity index (χ2v) is 11.7. The normalized spacial score (nSPS) is 19.1. The van der Waals surface area contributed by atoms with Crippen LogP contribution in [0.5, 0.6) is 5.75 Å². The van der Waals surface area contributed by atoms with Crippen molar-refractivity contribution in [3.63, 3.8) is 0 Å². The number of hydrogen-bond acceptors (Lipinski definition) is 3. The van der Waals surface area contributed by atoms with Crippen LogP contribution in [-0.4, -0.2) is 21.2 Å². The maximum Gasteiger partial charge on any atom is 0.192 e. The molecule has 0 saturated heterocycles. The van der Waals surface area contributed by atoms with Gasteiger partial charge in [-0.15, -0.1) is 0 Å². The van der Waals surface area contributed by atoms with Gasteiger partial charge < -0.3 is 9.16 Å². The average molecular weight is 292 g/mol. The van der Waals surface area contributed by atoms with Crippen LogP contribution in [0.25, 0.3) is 0 Å². The summed E-state index contributed by atoms with van der Waals surface area (Å²) in [6.07, 6.45) is 1.81. The van der Waals surface area contributed by atoms with Crippen molar-refractivity contribution in [1.82, 2.24) is 0 Å². The number of fused-ring (bicyclic) bond motifs is 1. The Labute approximate surface area is 122 Å². The quantitative estimate of drug-likeness (QED) is 0.614. The molecule has 0 spiro atoms. The monoisotopic (exact) mass is 292 g/mol. The molecule has 1 atom stereocenters. The summed E-state index contributed by atoms with van der Waals surface area (Å²) in [6, 6.07) is 5.61. The van der Waals surface area contributed by atoms with Crippen LogP contribution in [0.2, 0.25) is 18.1 Å². The van der Waals surface area contributed by atoms with Crippen molar-refractivity contribution in [2.45, 2.75) is 51.4 Å². The molecule has 0 amide bonds. The van der Waals surface area contributed by atoms with E-state index in [4.69, 9.17) is 9.16 Å². The predicted molar refractivity (Wildman–Crippen MR) is 83.0 cm³/mol. The molecule has 0 saturated carbocycles. The van der Waals surface area contributed by atoms with Crippen molar-refractivity contribution < 1.29 is 14.0 Å². The van der Waals surface area contributed by atoms with Crippen molar-refractivity contribution in [1.29, 1.82) is 0 Å². The Morgan fingerprint density at radius 2 is 2.05 bits per heavy atom. The van der Waals surface area contributed by atoms with Gasteiger partial charge in [0.2, 0.25) is 0 Å². The third-order valence-electron chi connectivity index (χ3n) is 4.40. The molecular formula is C16H24O3Si. The van der Waals surface area contributed by atoms with Crippen molar-refractivity contribution in [2.75, 3.05) is 6.61 Å². The van der Waals surface area contributed by atoms with Crippen LogP contribution in [0, 0.1) is 0 Å². The van der Waals surface area contributed by atoms with Gasteiger partial charge >= 0.3 is 0 Å². The molecule has 0 fully saturated rings. The zero-order chi connectivity index (χ0) is 15.0. The van der Waals surface area contributed by atoms with Crippen molar-refractivity contribution in [3.8, 4) is 5.75 Å². The summed E-state index contributed by atoms with van der Waals surface area (Å²) in [7, 11) is -1.81. The highest BCUT2D eigenvalue weighted by Gasteiger charge is 2.40. The van der Waals surface area contributed by atoms with Crippen LogP contribution in [0.3, 0.4) is 0 Å². The number of aldehydes is 1. The number of hydrogen-bond donors (Lipinski definition) is 0. The van der Waals surface area contributed by atoms with Crippen LogP contribution >= 0.6 is 0 Å². The minimum atomic E-state index is -1.81. The Bertz CT molecular complexity index is 503. The van der Waals surface area contributed by atoms with E-state index >= 15 is 0 Å². The fourth-order valence-corrected chi connectivity index (χ4v) is 3.41. The summed E-state index contributed by atoms with van der Waals surface area (Å²) < 4.78 is 12.2. The highest BCUT2D eigenvalue weighted by atomic mass is 28.4. The van der Waals surface area contributed by atoms with E-state index in [2.05, 4.69) is 33.9 Å². The third-order valence-corrected chi connectivity index (χ3v) is 8.89. The van der Waals surface area contributed by atoms with E-state index in [-0.39, 0.29) is 11.1 Å².